The zero-order valence-electron chi connectivity index (χ0n) is 9.89. The maximum absolute atomic E-state index is 9.28. The van der Waals surface area contributed by atoms with E-state index < -0.39 is 0 Å². The Kier molecular flexibility index (Phi) is 7.00. The van der Waals surface area contributed by atoms with E-state index in [9.17, 15) is 5.11 Å². The normalized spacial score (nSPS) is 14.8. The molecule has 0 saturated carbocycles. The van der Waals surface area contributed by atoms with Gasteiger partial charge in [0.15, 0.2) is 0 Å². The van der Waals surface area contributed by atoms with Crippen molar-refractivity contribution in [1.29, 1.82) is 0 Å². The molecule has 0 aromatic heterocycles. The summed E-state index contributed by atoms with van der Waals surface area (Å²) in [6, 6.07) is 0. The van der Waals surface area contributed by atoms with Crippen molar-refractivity contribution < 1.29 is 5.11 Å². The Morgan fingerprint density at radius 2 is 1.86 bits per heavy atom. The van der Waals surface area contributed by atoms with E-state index in [2.05, 4.69) is 41.7 Å². The van der Waals surface area contributed by atoms with Gasteiger partial charge in [-0.25, -0.2) is 0 Å². The van der Waals surface area contributed by atoms with E-state index in [4.69, 9.17) is 0 Å². The number of aliphatic hydroxyl groups is 1. The minimum Gasteiger partial charge on any atom is -0.392 e. The first-order valence-electron chi connectivity index (χ1n) is 5.42. The highest BCUT2D eigenvalue weighted by Crippen LogP contribution is 2.29. The number of hydrogen-bond acceptors (Lipinski definition) is 2. The van der Waals surface area contributed by atoms with Crippen molar-refractivity contribution in [2.75, 3.05) is 25.5 Å². The molecule has 0 heterocycles. The van der Waals surface area contributed by atoms with Gasteiger partial charge in [0.05, 0.1) is 6.10 Å². The second-order valence-corrected chi connectivity index (χ2v) is 4.95. The monoisotopic (exact) mass is 265 g/mol. The first kappa shape index (κ1) is 14.4. The van der Waals surface area contributed by atoms with Crippen molar-refractivity contribution in [2.24, 2.45) is 5.41 Å². The van der Waals surface area contributed by atoms with Gasteiger partial charge in [-0.2, -0.15) is 0 Å². The third kappa shape index (κ3) is 4.76. The number of rotatable bonds is 7. The number of aliphatic hydroxyl groups excluding tert-OH is 1. The van der Waals surface area contributed by atoms with Gasteiger partial charge in [0.2, 0.25) is 0 Å². The summed E-state index contributed by atoms with van der Waals surface area (Å²) in [5.74, 6) is 0. The quantitative estimate of drug-likeness (QED) is 0.716. The highest BCUT2D eigenvalue weighted by Gasteiger charge is 2.26. The van der Waals surface area contributed by atoms with E-state index in [1.165, 1.54) is 12.8 Å². The molecule has 0 bridgehead atoms. The molecule has 3 heteroatoms. The molecule has 0 rings (SSSR count). The number of alkyl halides is 1. The molecule has 0 radical (unpaired) electrons. The lowest BCUT2D eigenvalue weighted by atomic mass is 9.84. The fourth-order valence-corrected chi connectivity index (χ4v) is 2.76. The maximum Gasteiger partial charge on any atom is 0.0638 e. The van der Waals surface area contributed by atoms with Crippen molar-refractivity contribution in [3.8, 4) is 0 Å². The summed E-state index contributed by atoms with van der Waals surface area (Å²) < 4.78 is 0. The number of likely N-dealkylation sites (N-methyl/N-ethyl adjacent to an activating group) is 1. The molecule has 86 valence electrons. The van der Waals surface area contributed by atoms with Gasteiger partial charge in [-0.1, -0.05) is 29.8 Å². The average molecular weight is 266 g/mol. The van der Waals surface area contributed by atoms with Crippen LogP contribution in [0.5, 0.6) is 0 Å². The van der Waals surface area contributed by atoms with Gasteiger partial charge in [0.1, 0.15) is 0 Å². The summed E-state index contributed by atoms with van der Waals surface area (Å²) in [5, 5.41) is 10.3. The molecular weight excluding hydrogens is 242 g/mol. The Bertz CT molecular complexity index is 138. The van der Waals surface area contributed by atoms with E-state index >= 15 is 0 Å². The van der Waals surface area contributed by atoms with Gasteiger partial charge in [0, 0.05) is 18.4 Å². The minimum absolute atomic E-state index is 0.235. The summed E-state index contributed by atoms with van der Waals surface area (Å²) in [5.41, 5.74) is 0.365. The molecule has 0 aromatic rings. The third-order valence-corrected chi connectivity index (χ3v) is 4.15. The Balaban J connectivity index is 4.15. The van der Waals surface area contributed by atoms with E-state index in [-0.39, 0.29) is 6.10 Å². The van der Waals surface area contributed by atoms with E-state index in [0.717, 1.165) is 18.4 Å². The first-order chi connectivity index (χ1) is 6.49. The van der Waals surface area contributed by atoms with Crippen LogP contribution in [0.2, 0.25) is 0 Å². The predicted molar refractivity (Wildman–Crippen MR) is 66.0 cm³/mol. The smallest absolute Gasteiger partial charge is 0.0638 e. The van der Waals surface area contributed by atoms with Gasteiger partial charge in [0.25, 0.3) is 0 Å². The van der Waals surface area contributed by atoms with Gasteiger partial charge in [-0.15, -0.1) is 0 Å². The minimum atomic E-state index is -0.235. The molecule has 1 unspecified atom stereocenters. The standard InChI is InChI=1S/C11H24BrNO/c1-5-11(6-2,8-12)9-13(4)7-10(3)14/h10,14H,5-9H2,1-4H3. The molecule has 0 fully saturated rings. The highest BCUT2D eigenvalue weighted by atomic mass is 79.9. The highest BCUT2D eigenvalue weighted by molar-refractivity contribution is 9.09. The van der Waals surface area contributed by atoms with Crippen molar-refractivity contribution in [3.05, 3.63) is 0 Å². The van der Waals surface area contributed by atoms with E-state index in [0.29, 0.717) is 5.41 Å². The lowest BCUT2D eigenvalue weighted by molar-refractivity contribution is 0.109. The van der Waals surface area contributed by atoms with Crippen LogP contribution in [-0.2, 0) is 0 Å². The molecule has 0 saturated heterocycles. The lowest BCUT2D eigenvalue weighted by Gasteiger charge is -2.34. The molecule has 1 N–H and O–H groups in total. The van der Waals surface area contributed by atoms with Crippen LogP contribution in [0.25, 0.3) is 0 Å². The molecule has 0 aromatic carbocycles. The summed E-state index contributed by atoms with van der Waals surface area (Å²) in [7, 11) is 2.08. The molecule has 0 spiro atoms. The lowest BCUT2D eigenvalue weighted by Crippen LogP contribution is -2.39. The van der Waals surface area contributed by atoms with Crippen molar-refractivity contribution in [1.82, 2.24) is 4.90 Å². The molecule has 2 nitrogen and oxygen atoms in total. The van der Waals surface area contributed by atoms with Crippen LogP contribution in [-0.4, -0.2) is 41.6 Å². The van der Waals surface area contributed by atoms with Gasteiger partial charge >= 0.3 is 0 Å². The second-order valence-electron chi connectivity index (χ2n) is 4.39. The van der Waals surface area contributed by atoms with Crippen LogP contribution in [0, 0.1) is 5.41 Å². The summed E-state index contributed by atoms with van der Waals surface area (Å²) in [4.78, 5) is 2.22. The van der Waals surface area contributed by atoms with Gasteiger partial charge in [-0.05, 0) is 32.2 Å². The summed E-state index contributed by atoms with van der Waals surface area (Å²) in [6.45, 7) is 8.12. The number of halogens is 1. The largest absolute Gasteiger partial charge is 0.392 e. The first-order valence-corrected chi connectivity index (χ1v) is 6.54. The van der Waals surface area contributed by atoms with Crippen LogP contribution in [0.15, 0.2) is 0 Å². The Hall–Kier alpha value is 0.400. The zero-order valence-corrected chi connectivity index (χ0v) is 11.5. The van der Waals surface area contributed by atoms with Crippen LogP contribution >= 0.6 is 15.9 Å². The Morgan fingerprint density at radius 3 is 2.14 bits per heavy atom. The maximum atomic E-state index is 9.28. The van der Waals surface area contributed by atoms with Crippen molar-refractivity contribution in [3.63, 3.8) is 0 Å². The van der Waals surface area contributed by atoms with Crippen molar-refractivity contribution in [2.45, 2.75) is 39.7 Å². The third-order valence-electron chi connectivity index (χ3n) is 2.96. The second kappa shape index (κ2) is 6.81. The molecule has 0 aliphatic rings. The topological polar surface area (TPSA) is 23.5 Å². The number of nitrogens with zero attached hydrogens (tertiary/aromatic N) is 1. The van der Waals surface area contributed by atoms with Crippen LogP contribution in [0.4, 0.5) is 0 Å². The average Bonchev–Trinajstić information content (AvgIpc) is 2.13. The van der Waals surface area contributed by atoms with E-state index in [1.54, 1.807) is 0 Å². The van der Waals surface area contributed by atoms with Gasteiger partial charge < -0.3 is 10.0 Å². The Morgan fingerprint density at radius 1 is 1.36 bits per heavy atom. The predicted octanol–water partition coefficient (Wildman–Crippen LogP) is 2.50. The molecule has 0 amide bonds. The summed E-state index contributed by atoms with van der Waals surface area (Å²) in [6.07, 6.45) is 2.12. The van der Waals surface area contributed by atoms with Crippen molar-refractivity contribution >= 4 is 15.9 Å². The summed E-state index contributed by atoms with van der Waals surface area (Å²) >= 11 is 3.60. The van der Waals surface area contributed by atoms with Gasteiger partial charge in [-0.3, -0.25) is 0 Å². The molecule has 14 heavy (non-hydrogen) atoms. The molecule has 0 aliphatic carbocycles. The fourth-order valence-electron chi connectivity index (χ4n) is 1.79. The number of hydrogen-bond donors (Lipinski definition) is 1. The molecule has 0 aliphatic heterocycles. The SMILES string of the molecule is CCC(CC)(CBr)CN(C)CC(C)O. The Labute approximate surface area is 96.8 Å². The van der Waals surface area contributed by atoms with E-state index in [1.807, 2.05) is 6.92 Å². The van der Waals surface area contributed by atoms with Crippen LogP contribution in [0.1, 0.15) is 33.6 Å². The molecule has 1 atom stereocenters. The van der Waals surface area contributed by atoms with Crippen LogP contribution < -0.4 is 0 Å². The van der Waals surface area contributed by atoms with Crippen LogP contribution in [0.3, 0.4) is 0 Å². The zero-order chi connectivity index (χ0) is 11.2. The molecular formula is C11H24BrNO. The fraction of sp³-hybridized carbons (Fsp3) is 1.00.